The Morgan fingerprint density at radius 3 is 2.23 bits per heavy atom. The second-order valence-electron chi connectivity index (χ2n) is 5.05. The van der Waals surface area contributed by atoms with Gasteiger partial charge in [-0.15, -0.1) is 0 Å². The van der Waals surface area contributed by atoms with Gasteiger partial charge in [-0.2, -0.15) is 0 Å². The van der Waals surface area contributed by atoms with Gasteiger partial charge in [0, 0.05) is 0 Å². The van der Waals surface area contributed by atoms with Crippen LogP contribution in [0, 0.1) is 11.6 Å². The van der Waals surface area contributed by atoms with Crippen LogP contribution in [0.15, 0.2) is 47.4 Å². The quantitative estimate of drug-likeness (QED) is 0.892. The second kappa shape index (κ2) is 6.44. The Labute approximate surface area is 129 Å². The first-order valence-corrected chi connectivity index (χ1v) is 8.41. The Bertz CT molecular complexity index is 755. The van der Waals surface area contributed by atoms with Gasteiger partial charge in [-0.25, -0.2) is 17.2 Å². The molecule has 0 aliphatic carbocycles. The maximum absolute atomic E-state index is 13.7. The number of hydrogen-bond donors (Lipinski definition) is 1. The smallest absolute Gasteiger partial charge is 0.267 e. The largest absolute Gasteiger partial charge is 0.279 e. The van der Waals surface area contributed by atoms with Crippen LogP contribution >= 0.6 is 0 Å². The molecule has 1 atom stereocenters. The Hall–Kier alpha value is -1.95. The van der Waals surface area contributed by atoms with Crippen LogP contribution in [0.25, 0.3) is 0 Å². The molecule has 0 spiro atoms. The van der Waals surface area contributed by atoms with Crippen molar-refractivity contribution >= 4 is 15.7 Å². The molecule has 0 fully saturated rings. The lowest BCUT2D eigenvalue weighted by Crippen LogP contribution is -2.17. The van der Waals surface area contributed by atoms with Gasteiger partial charge in [-0.05, 0) is 36.1 Å². The molecule has 0 unspecified atom stereocenters. The van der Waals surface area contributed by atoms with Crippen LogP contribution in [0.5, 0.6) is 0 Å². The number of halogens is 2. The molecule has 2 aromatic rings. The fourth-order valence-electron chi connectivity index (χ4n) is 2.17. The minimum absolute atomic E-state index is 0.115. The molecule has 22 heavy (non-hydrogen) atoms. The summed E-state index contributed by atoms with van der Waals surface area (Å²) in [5.74, 6) is -2.12. The highest BCUT2D eigenvalue weighted by Crippen LogP contribution is 2.29. The zero-order chi connectivity index (χ0) is 16.3. The average Bonchev–Trinajstić information content (AvgIpc) is 2.46. The topological polar surface area (TPSA) is 46.2 Å². The van der Waals surface area contributed by atoms with Gasteiger partial charge in [-0.1, -0.05) is 38.1 Å². The molecule has 0 aliphatic heterocycles. The molecule has 0 saturated carbocycles. The Morgan fingerprint density at radius 1 is 1.05 bits per heavy atom. The van der Waals surface area contributed by atoms with Gasteiger partial charge in [0.25, 0.3) is 10.0 Å². The van der Waals surface area contributed by atoms with Gasteiger partial charge < -0.3 is 0 Å². The fraction of sp³-hybridized carbons (Fsp3) is 0.250. The predicted molar refractivity (Wildman–Crippen MR) is 82.3 cm³/mol. The zero-order valence-electron chi connectivity index (χ0n) is 12.3. The Morgan fingerprint density at radius 2 is 1.64 bits per heavy atom. The van der Waals surface area contributed by atoms with Crippen molar-refractivity contribution in [3.63, 3.8) is 0 Å². The molecule has 0 heterocycles. The van der Waals surface area contributed by atoms with Crippen molar-refractivity contribution in [3.8, 4) is 0 Å². The van der Waals surface area contributed by atoms with Crippen LogP contribution in [0.4, 0.5) is 14.5 Å². The van der Waals surface area contributed by atoms with E-state index in [-0.39, 0.29) is 5.92 Å². The molecule has 1 N–H and O–H groups in total. The van der Waals surface area contributed by atoms with Crippen LogP contribution in [0.2, 0.25) is 0 Å². The highest BCUT2D eigenvalue weighted by atomic mass is 32.2. The lowest BCUT2D eigenvalue weighted by molar-refractivity contribution is 0.521. The SMILES string of the molecule is CC[C@H](C)c1ccccc1NS(=O)(=O)c1c(F)cccc1F. The molecule has 2 rings (SSSR count). The fourth-order valence-corrected chi connectivity index (χ4v) is 3.40. The first-order valence-electron chi connectivity index (χ1n) is 6.92. The number of nitrogens with one attached hydrogen (secondary N) is 1. The summed E-state index contributed by atoms with van der Waals surface area (Å²) in [7, 11) is -4.34. The van der Waals surface area contributed by atoms with E-state index in [4.69, 9.17) is 0 Å². The van der Waals surface area contributed by atoms with E-state index in [0.29, 0.717) is 5.69 Å². The second-order valence-corrected chi connectivity index (χ2v) is 6.67. The molecule has 0 amide bonds. The number of benzene rings is 2. The molecule has 3 nitrogen and oxygen atoms in total. The zero-order valence-corrected chi connectivity index (χ0v) is 13.1. The van der Waals surface area contributed by atoms with Gasteiger partial charge in [-0.3, -0.25) is 4.72 Å². The normalized spacial score (nSPS) is 12.9. The van der Waals surface area contributed by atoms with Gasteiger partial charge >= 0.3 is 0 Å². The van der Waals surface area contributed by atoms with Crippen LogP contribution < -0.4 is 4.72 Å². The van der Waals surface area contributed by atoms with E-state index in [1.165, 1.54) is 0 Å². The molecule has 0 bridgehead atoms. The standard InChI is InChI=1S/C16H17F2NO2S/c1-3-11(2)12-7-4-5-10-15(12)19-22(20,21)16-13(17)8-6-9-14(16)18/h4-11,19H,3H2,1-2H3/t11-/m0/s1. The molecule has 2 aromatic carbocycles. The van der Waals surface area contributed by atoms with Gasteiger partial charge in [0.1, 0.15) is 11.6 Å². The van der Waals surface area contributed by atoms with Crippen molar-refractivity contribution in [2.45, 2.75) is 31.1 Å². The van der Waals surface area contributed by atoms with Crippen LogP contribution in [0.1, 0.15) is 31.7 Å². The highest BCUT2D eigenvalue weighted by molar-refractivity contribution is 7.92. The van der Waals surface area contributed by atoms with E-state index in [1.807, 2.05) is 13.8 Å². The van der Waals surface area contributed by atoms with Crippen LogP contribution in [-0.2, 0) is 10.0 Å². The van der Waals surface area contributed by atoms with Gasteiger partial charge in [0.15, 0.2) is 4.90 Å². The molecular weight excluding hydrogens is 308 g/mol. The molecule has 6 heteroatoms. The van der Waals surface area contributed by atoms with Crippen LogP contribution in [0.3, 0.4) is 0 Å². The molecule has 118 valence electrons. The van der Waals surface area contributed by atoms with Gasteiger partial charge in [0.05, 0.1) is 5.69 Å². The first kappa shape index (κ1) is 16.4. The predicted octanol–water partition coefficient (Wildman–Crippen LogP) is 4.28. The maximum Gasteiger partial charge on any atom is 0.267 e. The lowest BCUT2D eigenvalue weighted by atomic mass is 9.97. The molecule has 0 radical (unpaired) electrons. The Kier molecular flexibility index (Phi) is 4.81. The van der Waals surface area contributed by atoms with E-state index in [2.05, 4.69) is 4.72 Å². The van der Waals surface area contributed by atoms with E-state index in [1.54, 1.807) is 24.3 Å². The number of para-hydroxylation sites is 1. The summed E-state index contributed by atoms with van der Waals surface area (Å²) < 4.78 is 54.4. The van der Waals surface area contributed by atoms with E-state index in [0.717, 1.165) is 30.2 Å². The third-order valence-corrected chi connectivity index (χ3v) is 4.95. The van der Waals surface area contributed by atoms with E-state index >= 15 is 0 Å². The van der Waals surface area contributed by atoms with E-state index in [9.17, 15) is 17.2 Å². The molecule has 0 saturated heterocycles. The lowest BCUT2D eigenvalue weighted by Gasteiger charge is -2.17. The summed E-state index contributed by atoms with van der Waals surface area (Å²) in [6.45, 7) is 3.93. The Balaban J connectivity index is 2.47. The summed E-state index contributed by atoms with van der Waals surface area (Å²) in [6.07, 6.45) is 0.812. The minimum Gasteiger partial charge on any atom is -0.279 e. The number of rotatable bonds is 5. The number of hydrogen-bond acceptors (Lipinski definition) is 2. The van der Waals surface area contributed by atoms with Crippen molar-refractivity contribution in [3.05, 3.63) is 59.7 Å². The molecule has 0 aliphatic rings. The van der Waals surface area contributed by atoms with E-state index < -0.39 is 26.6 Å². The van der Waals surface area contributed by atoms with Crippen molar-refractivity contribution in [2.75, 3.05) is 4.72 Å². The first-order chi connectivity index (χ1) is 10.4. The monoisotopic (exact) mass is 325 g/mol. The van der Waals surface area contributed by atoms with Crippen molar-refractivity contribution in [1.29, 1.82) is 0 Å². The van der Waals surface area contributed by atoms with Crippen molar-refractivity contribution in [1.82, 2.24) is 0 Å². The summed E-state index contributed by atoms with van der Waals surface area (Å²) in [6, 6.07) is 9.79. The number of sulfonamides is 1. The third-order valence-electron chi connectivity index (χ3n) is 3.54. The summed E-state index contributed by atoms with van der Waals surface area (Å²) in [4.78, 5) is -0.964. The molecule has 0 aromatic heterocycles. The van der Waals surface area contributed by atoms with Crippen LogP contribution in [-0.4, -0.2) is 8.42 Å². The number of anilines is 1. The maximum atomic E-state index is 13.7. The van der Waals surface area contributed by atoms with Crippen molar-refractivity contribution < 1.29 is 17.2 Å². The molecular formula is C16H17F2NO2S. The summed E-state index contributed by atoms with van der Waals surface area (Å²) in [5, 5.41) is 0. The average molecular weight is 325 g/mol. The van der Waals surface area contributed by atoms with Gasteiger partial charge in [0.2, 0.25) is 0 Å². The third kappa shape index (κ3) is 3.27. The summed E-state index contributed by atoms with van der Waals surface area (Å²) >= 11 is 0. The van der Waals surface area contributed by atoms with Crippen molar-refractivity contribution in [2.24, 2.45) is 0 Å². The minimum atomic E-state index is -4.34. The summed E-state index contributed by atoms with van der Waals surface area (Å²) in [5.41, 5.74) is 1.12. The highest BCUT2D eigenvalue weighted by Gasteiger charge is 2.25.